The topological polar surface area (TPSA) is 55.6 Å². The number of carbonyl (C=O) groups excluding carboxylic acids is 1. The van der Waals surface area contributed by atoms with E-state index in [2.05, 4.69) is 13.8 Å². The zero-order valence-corrected chi connectivity index (χ0v) is 13.8. The van der Waals surface area contributed by atoms with Crippen LogP contribution in [0.5, 0.6) is 5.75 Å². The van der Waals surface area contributed by atoms with Gasteiger partial charge in [-0.2, -0.15) is 0 Å². The summed E-state index contributed by atoms with van der Waals surface area (Å²) in [5, 5.41) is 0. The molecule has 1 aromatic rings. The summed E-state index contributed by atoms with van der Waals surface area (Å²) < 4.78 is 5.57. The molecule has 0 aromatic heterocycles. The van der Waals surface area contributed by atoms with E-state index in [0.717, 1.165) is 44.6 Å². The summed E-state index contributed by atoms with van der Waals surface area (Å²) >= 11 is 0. The number of likely N-dealkylation sites (tertiary alicyclic amines) is 1. The Labute approximate surface area is 133 Å². The Balaban J connectivity index is 1.80. The molecule has 0 unspecified atom stereocenters. The van der Waals surface area contributed by atoms with Gasteiger partial charge in [-0.05, 0) is 50.3 Å². The molecule has 0 spiro atoms. The first-order valence-electron chi connectivity index (χ1n) is 8.37. The number of amides is 1. The molecule has 1 aliphatic rings. The Morgan fingerprint density at radius 3 is 2.73 bits per heavy atom. The number of rotatable bonds is 6. The first-order chi connectivity index (χ1) is 10.6. The van der Waals surface area contributed by atoms with Gasteiger partial charge < -0.3 is 15.4 Å². The number of benzene rings is 1. The van der Waals surface area contributed by atoms with E-state index >= 15 is 0 Å². The standard InChI is InChI=1S/C18H28N2O2/c1-3-12-22-17-7-4-15(5-8-17)6-9-18(21)20-11-10-16(19)13-14(20)2/h4-5,7-8,14,16H,3,6,9-13,19H2,1-2H3/t14-,16+/m0/s1. The summed E-state index contributed by atoms with van der Waals surface area (Å²) in [4.78, 5) is 14.3. The highest BCUT2D eigenvalue weighted by Crippen LogP contribution is 2.18. The zero-order chi connectivity index (χ0) is 15.9. The second-order valence-electron chi connectivity index (χ2n) is 6.21. The molecule has 1 heterocycles. The van der Waals surface area contributed by atoms with Crippen molar-refractivity contribution in [3.05, 3.63) is 29.8 Å². The number of aryl methyl sites for hydroxylation is 1. The van der Waals surface area contributed by atoms with Crippen LogP contribution in [-0.2, 0) is 11.2 Å². The number of nitrogens with zero attached hydrogens (tertiary/aromatic N) is 1. The fourth-order valence-electron chi connectivity index (χ4n) is 2.95. The third-order valence-corrected chi connectivity index (χ3v) is 4.26. The normalized spacial score (nSPS) is 21.7. The molecule has 2 N–H and O–H groups in total. The molecular weight excluding hydrogens is 276 g/mol. The summed E-state index contributed by atoms with van der Waals surface area (Å²) in [6.07, 6.45) is 4.18. The number of ether oxygens (including phenoxy) is 1. The summed E-state index contributed by atoms with van der Waals surface area (Å²) in [5.41, 5.74) is 7.13. The van der Waals surface area contributed by atoms with E-state index in [0.29, 0.717) is 6.42 Å². The van der Waals surface area contributed by atoms with Gasteiger partial charge in [0.1, 0.15) is 5.75 Å². The maximum absolute atomic E-state index is 12.4. The van der Waals surface area contributed by atoms with Gasteiger partial charge in [-0.3, -0.25) is 4.79 Å². The largest absolute Gasteiger partial charge is 0.494 e. The molecule has 0 bridgehead atoms. The molecule has 1 amide bonds. The van der Waals surface area contributed by atoms with E-state index in [9.17, 15) is 4.79 Å². The predicted molar refractivity (Wildman–Crippen MR) is 88.9 cm³/mol. The van der Waals surface area contributed by atoms with Crippen LogP contribution in [0.1, 0.15) is 45.1 Å². The fraction of sp³-hybridized carbons (Fsp3) is 0.611. The van der Waals surface area contributed by atoms with Crippen molar-refractivity contribution in [2.24, 2.45) is 5.73 Å². The molecule has 22 heavy (non-hydrogen) atoms. The van der Waals surface area contributed by atoms with Gasteiger partial charge in [-0.25, -0.2) is 0 Å². The van der Waals surface area contributed by atoms with Crippen molar-refractivity contribution in [1.29, 1.82) is 0 Å². The van der Waals surface area contributed by atoms with Crippen molar-refractivity contribution >= 4 is 5.91 Å². The fourth-order valence-corrected chi connectivity index (χ4v) is 2.95. The minimum absolute atomic E-state index is 0.241. The molecule has 0 aliphatic carbocycles. The average Bonchev–Trinajstić information content (AvgIpc) is 2.51. The smallest absolute Gasteiger partial charge is 0.223 e. The second-order valence-corrected chi connectivity index (χ2v) is 6.21. The van der Waals surface area contributed by atoms with Crippen LogP contribution in [-0.4, -0.2) is 36.0 Å². The minimum Gasteiger partial charge on any atom is -0.494 e. The van der Waals surface area contributed by atoms with Crippen LogP contribution in [0.15, 0.2) is 24.3 Å². The SMILES string of the molecule is CCCOc1ccc(CCC(=O)N2CC[C@@H](N)C[C@@H]2C)cc1. The van der Waals surface area contributed by atoms with Crippen molar-refractivity contribution < 1.29 is 9.53 Å². The number of nitrogens with two attached hydrogens (primary N) is 1. The minimum atomic E-state index is 0.241. The van der Waals surface area contributed by atoms with Gasteiger partial charge in [0.15, 0.2) is 0 Å². The van der Waals surface area contributed by atoms with Crippen molar-refractivity contribution in [3.63, 3.8) is 0 Å². The van der Waals surface area contributed by atoms with Crippen molar-refractivity contribution in [3.8, 4) is 5.75 Å². The van der Waals surface area contributed by atoms with E-state index in [1.54, 1.807) is 0 Å². The van der Waals surface area contributed by atoms with Crippen LogP contribution in [0, 0.1) is 0 Å². The van der Waals surface area contributed by atoms with Crippen LogP contribution < -0.4 is 10.5 Å². The highest BCUT2D eigenvalue weighted by Gasteiger charge is 2.26. The Morgan fingerprint density at radius 1 is 1.36 bits per heavy atom. The number of piperidine rings is 1. The molecule has 1 fully saturated rings. The number of hydrogen-bond donors (Lipinski definition) is 1. The van der Waals surface area contributed by atoms with Gasteiger partial charge in [0, 0.05) is 25.0 Å². The van der Waals surface area contributed by atoms with E-state index < -0.39 is 0 Å². The van der Waals surface area contributed by atoms with E-state index in [-0.39, 0.29) is 18.0 Å². The van der Waals surface area contributed by atoms with E-state index in [1.165, 1.54) is 5.56 Å². The summed E-state index contributed by atoms with van der Waals surface area (Å²) in [7, 11) is 0. The van der Waals surface area contributed by atoms with Crippen LogP contribution in [0.2, 0.25) is 0 Å². The lowest BCUT2D eigenvalue weighted by Crippen LogP contribution is -2.48. The van der Waals surface area contributed by atoms with Crippen LogP contribution in [0.3, 0.4) is 0 Å². The van der Waals surface area contributed by atoms with Crippen molar-refractivity contribution in [2.45, 2.75) is 58.0 Å². The van der Waals surface area contributed by atoms with Crippen molar-refractivity contribution in [1.82, 2.24) is 4.90 Å². The lowest BCUT2D eigenvalue weighted by molar-refractivity contribution is -0.134. The van der Waals surface area contributed by atoms with E-state index in [1.807, 2.05) is 29.2 Å². The third kappa shape index (κ3) is 4.73. The monoisotopic (exact) mass is 304 g/mol. The van der Waals surface area contributed by atoms with Crippen LogP contribution in [0.25, 0.3) is 0 Å². The molecule has 1 aliphatic heterocycles. The van der Waals surface area contributed by atoms with Gasteiger partial charge in [0.2, 0.25) is 5.91 Å². The maximum atomic E-state index is 12.4. The summed E-state index contributed by atoms with van der Waals surface area (Å²) in [6, 6.07) is 8.58. The third-order valence-electron chi connectivity index (χ3n) is 4.26. The van der Waals surface area contributed by atoms with E-state index in [4.69, 9.17) is 10.5 Å². The molecule has 0 radical (unpaired) electrons. The Hall–Kier alpha value is -1.55. The molecule has 1 saturated heterocycles. The molecule has 1 aromatic carbocycles. The van der Waals surface area contributed by atoms with Gasteiger partial charge in [0.25, 0.3) is 0 Å². The molecule has 2 rings (SSSR count). The molecule has 122 valence electrons. The van der Waals surface area contributed by atoms with Gasteiger partial charge >= 0.3 is 0 Å². The van der Waals surface area contributed by atoms with Gasteiger partial charge in [-0.1, -0.05) is 19.1 Å². The Bertz CT molecular complexity index is 472. The Morgan fingerprint density at radius 2 is 2.09 bits per heavy atom. The van der Waals surface area contributed by atoms with Crippen LogP contribution in [0.4, 0.5) is 0 Å². The highest BCUT2D eigenvalue weighted by atomic mass is 16.5. The highest BCUT2D eigenvalue weighted by molar-refractivity contribution is 5.76. The van der Waals surface area contributed by atoms with Crippen molar-refractivity contribution in [2.75, 3.05) is 13.2 Å². The number of hydrogen-bond acceptors (Lipinski definition) is 3. The quantitative estimate of drug-likeness (QED) is 0.879. The molecule has 4 heteroatoms. The maximum Gasteiger partial charge on any atom is 0.223 e. The second kappa shape index (κ2) is 8.18. The van der Waals surface area contributed by atoms with Gasteiger partial charge in [-0.15, -0.1) is 0 Å². The lowest BCUT2D eigenvalue weighted by atomic mass is 9.98. The molecule has 2 atom stereocenters. The van der Waals surface area contributed by atoms with Crippen LogP contribution >= 0.6 is 0 Å². The molecule has 4 nitrogen and oxygen atoms in total. The molecular formula is C18H28N2O2. The van der Waals surface area contributed by atoms with Gasteiger partial charge in [0.05, 0.1) is 6.61 Å². The summed E-state index contributed by atoms with van der Waals surface area (Å²) in [5.74, 6) is 1.14. The lowest BCUT2D eigenvalue weighted by Gasteiger charge is -2.36. The predicted octanol–water partition coefficient (Wildman–Crippen LogP) is 2.75. The summed E-state index contributed by atoms with van der Waals surface area (Å²) in [6.45, 7) is 5.73. The number of carbonyl (C=O) groups is 1. The molecule has 0 saturated carbocycles. The zero-order valence-electron chi connectivity index (χ0n) is 13.8. The first kappa shape index (κ1) is 16.8. The average molecular weight is 304 g/mol. The first-order valence-corrected chi connectivity index (χ1v) is 8.37. The Kier molecular flexibility index (Phi) is 6.25.